The van der Waals surface area contributed by atoms with E-state index in [-0.39, 0.29) is 43.4 Å². The molecule has 3 aromatic rings. The zero-order valence-corrected chi connectivity index (χ0v) is 20.5. The van der Waals surface area contributed by atoms with Crippen molar-refractivity contribution in [2.75, 3.05) is 19.9 Å². The maximum Gasteiger partial charge on any atom is 0.243 e. The number of nitrogens with zero attached hydrogens (tertiary/aromatic N) is 2. The number of pyridine rings is 1. The number of aryl methyl sites for hydroxylation is 1. The van der Waals surface area contributed by atoms with Crippen LogP contribution in [0.4, 0.5) is 0 Å². The molecule has 1 spiro atoms. The predicted octanol–water partition coefficient (Wildman–Crippen LogP) is 3.81. The van der Waals surface area contributed by atoms with Crippen LogP contribution in [0.25, 0.3) is 11.3 Å². The molecule has 1 aromatic heterocycles. The van der Waals surface area contributed by atoms with E-state index in [1.54, 1.807) is 54.7 Å². The number of Topliss-reactive ketones (excluding diaryl/α,β-unsaturated/α-hetero) is 1. The van der Waals surface area contributed by atoms with Crippen molar-refractivity contribution in [1.29, 1.82) is 0 Å². The second-order valence-corrected chi connectivity index (χ2v) is 11.1. The number of benzene rings is 2. The van der Waals surface area contributed by atoms with Crippen molar-refractivity contribution < 1.29 is 27.4 Å². The van der Waals surface area contributed by atoms with Crippen LogP contribution < -0.4 is 9.47 Å². The van der Waals surface area contributed by atoms with Crippen LogP contribution in [0.2, 0.25) is 0 Å². The number of hydrogen-bond acceptors (Lipinski definition) is 7. The van der Waals surface area contributed by atoms with Crippen LogP contribution in [0, 0.1) is 6.92 Å². The van der Waals surface area contributed by atoms with Gasteiger partial charge in [0, 0.05) is 37.7 Å². The highest BCUT2D eigenvalue weighted by molar-refractivity contribution is 7.89. The molecule has 0 bridgehead atoms. The monoisotopic (exact) mass is 504 g/mol. The number of piperidine rings is 1. The molecule has 8 nitrogen and oxygen atoms in total. The van der Waals surface area contributed by atoms with Gasteiger partial charge in [0.1, 0.15) is 5.76 Å². The Labute approximate surface area is 209 Å². The van der Waals surface area contributed by atoms with E-state index in [0.717, 1.165) is 5.56 Å². The summed E-state index contributed by atoms with van der Waals surface area (Å²) in [5, 5.41) is 0. The first-order valence-electron chi connectivity index (χ1n) is 11.7. The Morgan fingerprint density at radius 2 is 1.69 bits per heavy atom. The lowest BCUT2D eigenvalue weighted by molar-refractivity contribution is -0.131. The van der Waals surface area contributed by atoms with Crippen LogP contribution in [0.1, 0.15) is 29.7 Å². The summed E-state index contributed by atoms with van der Waals surface area (Å²) in [5.41, 5.74) is 1.42. The van der Waals surface area contributed by atoms with Crippen molar-refractivity contribution in [3.8, 4) is 11.5 Å². The molecular formula is C27H24N2O6S. The van der Waals surface area contributed by atoms with Crippen LogP contribution in [0.15, 0.2) is 71.8 Å². The van der Waals surface area contributed by atoms with Gasteiger partial charge in [0.15, 0.2) is 17.1 Å². The average Bonchev–Trinajstić information content (AvgIpc) is 3.47. The molecule has 0 saturated carbocycles. The first-order valence-corrected chi connectivity index (χ1v) is 13.2. The summed E-state index contributed by atoms with van der Waals surface area (Å²) in [6, 6.07) is 17.6. The average molecular weight is 505 g/mol. The molecule has 0 unspecified atom stereocenters. The SMILES string of the molecule is Cc1ccc(S(=O)(=O)N2CCC3(CC2)OC(c2ccc4c(c2)OCO4)=C(c2ccccn2)C3=O)cc1. The van der Waals surface area contributed by atoms with Gasteiger partial charge >= 0.3 is 0 Å². The van der Waals surface area contributed by atoms with E-state index in [1.165, 1.54) is 4.31 Å². The van der Waals surface area contributed by atoms with Crippen LogP contribution >= 0.6 is 0 Å². The molecular weight excluding hydrogens is 480 g/mol. The molecule has 2 aromatic carbocycles. The largest absolute Gasteiger partial charge is 0.478 e. The van der Waals surface area contributed by atoms with E-state index in [0.29, 0.717) is 34.1 Å². The molecule has 6 rings (SSSR count). The first-order chi connectivity index (χ1) is 17.4. The fraction of sp³-hybridized carbons (Fsp3) is 0.259. The normalized spacial score (nSPS) is 19.1. The summed E-state index contributed by atoms with van der Waals surface area (Å²) < 4.78 is 45.3. The van der Waals surface area contributed by atoms with Crippen molar-refractivity contribution in [1.82, 2.24) is 9.29 Å². The molecule has 0 amide bonds. The Bertz CT molecular complexity index is 1470. The minimum atomic E-state index is -3.67. The molecule has 9 heteroatoms. The van der Waals surface area contributed by atoms with Gasteiger partial charge in [-0.3, -0.25) is 9.78 Å². The number of carbonyl (C=O) groups is 1. The van der Waals surface area contributed by atoms with Crippen LogP contribution in [0.5, 0.6) is 11.5 Å². The molecule has 3 aliphatic rings. The molecule has 0 radical (unpaired) electrons. The van der Waals surface area contributed by atoms with Crippen molar-refractivity contribution in [3.63, 3.8) is 0 Å². The third-order valence-electron chi connectivity index (χ3n) is 6.91. The first kappa shape index (κ1) is 22.8. The Morgan fingerprint density at radius 3 is 2.42 bits per heavy atom. The Morgan fingerprint density at radius 1 is 0.944 bits per heavy atom. The lowest BCUT2D eigenvalue weighted by Gasteiger charge is -2.37. The number of ketones is 1. The van der Waals surface area contributed by atoms with E-state index in [4.69, 9.17) is 14.2 Å². The molecule has 184 valence electrons. The summed E-state index contributed by atoms with van der Waals surface area (Å²) in [5.74, 6) is 1.46. The van der Waals surface area contributed by atoms with Crippen LogP contribution in [-0.4, -0.2) is 49.0 Å². The number of ether oxygens (including phenoxy) is 3. The van der Waals surface area contributed by atoms with Crippen molar-refractivity contribution in [3.05, 3.63) is 83.7 Å². The predicted molar refractivity (Wildman–Crippen MR) is 132 cm³/mol. The molecule has 3 aliphatic heterocycles. The van der Waals surface area contributed by atoms with Gasteiger partial charge in [-0.15, -0.1) is 0 Å². The molecule has 0 atom stereocenters. The standard InChI is InChI=1S/C27H24N2O6S/c1-18-5-8-20(9-6-18)36(31,32)29-14-11-27(12-15-29)26(30)24(21-4-2-3-13-28-21)25(35-27)19-7-10-22-23(16-19)34-17-33-22/h2-10,13,16H,11-12,14-15,17H2,1H3. The van der Waals surface area contributed by atoms with Crippen molar-refractivity contribution in [2.24, 2.45) is 0 Å². The highest BCUT2D eigenvalue weighted by atomic mass is 32.2. The van der Waals surface area contributed by atoms with Gasteiger partial charge in [0.05, 0.1) is 16.2 Å². The van der Waals surface area contributed by atoms with E-state index in [2.05, 4.69) is 4.98 Å². The summed E-state index contributed by atoms with van der Waals surface area (Å²) in [6.07, 6.45) is 2.11. The third kappa shape index (κ3) is 3.66. The minimum Gasteiger partial charge on any atom is -0.478 e. The van der Waals surface area contributed by atoms with Gasteiger partial charge in [-0.2, -0.15) is 4.31 Å². The van der Waals surface area contributed by atoms with Crippen LogP contribution in [0.3, 0.4) is 0 Å². The van der Waals surface area contributed by atoms with Gasteiger partial charge in [0.2, 0.25) is 22.6 Å². The molecule has 36 heavy (non-hydrogen) atoms. The molecule has 1 fully saturated rings. The Balaban J connectivity index is 1.32. The fourth-order valence-corrected chi connectivity index (χ4v) is 6.33. The number of rotatable bonds is 4. The number of sulfonamides is 1. The second-order valence-electron chi connectivity index (χ2n) is 9.13. The Kier molecular flexibility index (Phi) is 5.35. The lowest BCUT2D eigenvalue weighted by Crippen LogP contribution is -2.50. The van der Waals surface area contributed by atoms with E-state index >= 15 is 0 Å². The summed E-state index contributed by atoms with van der Waals surface area (Å²) in [7, 11) is -3.67. The maximum atomic E-state index is 13.9. The number of carbonyl (C=O) groups excluding carboxylic acids is 1. The second kappa shape index (κ2) is 8.46. The number of fused-ring (bicyclic) bond motifs is 1. The third-order valence-corrected chi connectivity index (χ3v) is 8.82. The van der Waals surface area contributed by atoms with E-state index in [1.807, 2.05) is 19.1 Å². The van der Waals surface area contributed by atoms with E-state index in [9.17, 15) is 13.2 Å². The molecule has 1 saturated heterocycles. The zero-order chi connectivity index (χ0) is 24.9. The summed E-state index contributed by atoms with van der Waals surface area (Å²) >= 11 is 0. The number of aromatic nitrogens is 1. The molecule has 0 aliphatic carbocycles. The smallest absolute Gasteiger partial charge is 0.243 e. The van der Waals surface area contributed by atoms with Crippen molar-refractivity contribution in [2.45, 2.75) is 30.3 Å². The topological polar surface area (TPSA) is 95.0 Å². The highest BCUT2D eigenvalue weighted by Gasteiger charge is 2.53. The maximum absolute atomic E-state index is 13.9. The molecule has 0 N–H and O–H groups in total. The van der Waals surface area contributed by atoms with Gasteiger partial charge in [-0.25, -0.2) is 8.42 Å². The summed E-state index contributed by atoms with van der Waals surface area (Å²) in [6.45, 7) is 2.39. The van der Waals surface area contributed by atoms with E-state index < -0.39 is 15.6 Å². The van der Waals surface area contributed by atoms with Gasteiger partial charge < -0.3 is 14.2 Å². The quantitative estimate of drug-likeness (QED) is 0.533. The van der Waals surface area contributed by atoms with Gasteiger partial charge in [0.25, 0.3) is 0 Å². The fourth-order valence-electron chi connectivity index (χ4n) is 4.88. The number of hydrogen-bond donors (Lipinski definition) is 0. The molecule has 4 heterocycles. The Hall–Kier alpha value is -3.69. The lowest BCUT2D eigenvalue weighted by atomic mass is 9.85. The van der Waals surface area contributed by atoms with Crippen LogP contribution in [-0.2, 0) is 19.6 Å². The van der Waals surface area contributed by atoms with Gasteiger partial charge in [-0.05, 0) is 49.4 Å². The van der Waals surface area contributed by atoms with Crippen molar-refractivity contribution >= 4 is 27.1 Å². The zero-order valence-electron chi connectivity index (χ0n) is 19.6. The highest BCUT2D eigenvalue weighted by Crippen LogP contribution is 2.47. The van der Waals surface area contributed by atoms with Gasteiger partial charge in [-0.1, -0.05) is 23.8 Å². The minimum absolute atomic E-state index is 0.139. The summed E-state index contributed by atoms with van der Waals surface area (Å²) in [4.78, 5) is 18.6.